The Hall–Kier alpha value is -2.40. The SMILES string of the molecule is CC(C)(C)OC(=O)N1CCC[C@H](N)C1.O=C(O)CC(O)(CC(=O)O)C(=O)O. The van der Waals surface area contributed by atoms with Crippen LogP contribution in [0.3, 0.4) is 0 Å². The molecule has 6 N–H and O–H groups in total. The maximum absolute atomic E-state index is 11.6. The highest BCUT2D eigenvalue weighted by Gasteiger charge is 2.40. The van der Waals surface area contributed by atoms with Gasteiger partial charge in [-0.05, 0) is 33.6 Å². The summed E-state index contributed by atoms with van der Waals surface area (Å²) in [4.78, 5) is 43.8. The number of carbonyl (C=O) groups is 4. The Kier molecular flexibility index (Phi) is 9.17. The summed E-state index contributed by atoms with van der Waals surface area (Å²) in [6.45, 7) is 7.00. The minimum absolute atomic E-state index is 0.108. The van der Waals surface area contributed by atoms with Crippen LogP contribution in [0, 0.1) is 0 Å². The van der Waals surface area contributed by atoms with Crippen molar-refractivity contribution < 1.29 is 44.3 Å². The van der Waals surface area contributed by atoms with Gasteiger partial charge in [-0.1, -0.05) is 0 Å². The Labute approximate surface area is 156 Å². The normalized spacial score (nSPS) is 17.4. The molecular formula is C16H28N2O9. The van der Waals surface area contributed by atoms with Gasteiger partial charge in [0.25, 0.3) is 0 Å². The molecule has 1 saturated heterocycles. The van der Waals surface area contributed by atoms with Crippen molar-refractivity contribution >= 4 is 24.0 Å². The fourth-order valence-electron chi connectivity index (χ4n) is 2.22. The van der Waals surface area contributed by atoms with Crippen LogP contribution in [0.4, 0.5) is 4.79 Å². The summed E-state index contributed by atoms with van der Waals surface area (Å²) in [5.74, 6) is -5.02. The van der Waals surface area contributed by atoms with Crippen LogP contribution in [-0.4, -0.2) is 79.7 Å². The van der Waals surface area contributed by atoms with E-state index in [1.807, 2.05) is 20.8 Å². The average Bonchev–Trinajstić information content (AvgIpc) is 2.44. The highest BCUT2D eigenvalue weighted by atomic mass is 16.6. The summed E-state index contributed by atoms with van der Waals surface area (Å²) in [7, 11) is 0. The van der Waals surface area contributed by atoms with Crippen LogP contribution in [0.5, 0.6) is 0 Å². The molecule has 0 aromatic carbocycles. The Morgan fingerprint density at radius 1 is 1.07 bits per heavy atom. The van der Waals surface area contributed by atoms with E-state index in [-0.39, 0.29) is 12.1 Å². The summed E-state index contributed by atoms with van der Waals surface area (Å²) in [6.07, 6.45) is -0.559. The number of nitrogens with zero attached hydrogens (tertiary/aromatic N) is 1. The molecule has 1 amide bonds. The molecule has 0 radical (unpaired) electrons. The summed E-state index contributed by atoms with van der Waals surface area (Å²) >= 11 is 0. The molecule has 11 nitrogen and oxygen atoms in total. The van der Waals surface area contributed by atoms with Gasteiger partial charge in [0.1, 0.15) is 5.60 Å². The molecule has 0 spiro atoms. The Bertz CT molecular complexity index is 541. The zero-order valence-corrected chi connectivity index (χ0v) is 15.7. The largest absolute Gasteiger partial charge is 0.481 e. The standard InChI is InChI=1S/C10H20N2O2.C6H8O7/c1-10(2,3)14-9(13)12-6-4-5-8(11)7-12;7-3(8)1-6(13,5(11)12)2-4(9)10/h8H,4-7,11H2,1-3H3;13H,1-2H2,(H,7,8)(H,9,10)(H,11,12)/t8-;/m0./s1. The fraction of sp³-hybridized carbons (Fsp3) is 0.750. The van der Waals surface area contributed by atoms with E-state index in [0.29, 0.717) is 6.54 Å². The third-order valence-electron chi connectivity index (χ3n) is 3.39. The molecule has 0 unspecified atom stereocenters. The number of ether oxygens (including phenoxy) is 1. The van der Waals surface area contributed by atoms with Gasteiger partial charge in [-0.2, -0.15) is 0 Å². The van der Waals surface area contributed by atoms with Crippen LogP contribution in [0.2, 0.25) is 0 Å². The number of hydrogen-bond acceptors (Lipinski definition) is 7. The molecule has 1 fully saturated rings. The molecule has 0 aromatic rings. The van der Waals surface area contributed by atoms with E-state index in [0.717, 1.165) is 19.4 Å². The fourth-order valence-corrected chi connectivity index (χ4v) is 2.22. The number of rotatable bonds is 5. The molecule has 0 aromatic heterocycles. The number of hydrogen-bond donors (Lipinski definition) is 5. The molecule has 1 aliphatic rings. The highest BCUT2D eigenvalue weighted by Crippen LogP contribution is 2.16. The number of nitrogens with two attached hydrogens (primary N) is 1. The molecule has 0 bridgehead atoms. The van der Waals surface area contributed by atoms with Crippen molar-refractivity contribution in [3.05, 3.63) is 0 Å². The lowest BCUT2D eigenvalue weighted by Gasteiger charge is -2.32. The molecule has 27 heavy (non-hydrogen) atoms. The van der Waals surface area contributed by atoms with Crippen LogP contribution in [0.15, 0.2) is 0 Å². The maximum Gasteiger partial charge on any atom is 0.410 e. The van der Waals surface area contributed by atoms with Gasteiger partial charge in [0.15, 0.2) is 5.60 Å². The second-order valence-electron chi connectivity index (χ2n) is 7.31. The van der Waals surface area contributed by atoms with E-state index >= 15 is 0 Å². The first kappa shape index (κ1) is 24.6. The predicted octanol–water partition coefficient (Wildman–Crippen LogP) is 0.0961. The van der Waals surface area contributed by atoms with Crippen LogP contribution in [-0.2, 0) is 19.1 Å². The molecule has 0 saturated carbocycles. The average molecular weight is 392 g/mol. The topological polar surface area (TPSA) is 188 Å². The predicted molar refractivity (Wildman–Crippen MR) is 92.1 cm³/mol. The zero-order valence-electron chi connectivity index (χ0n) is 15.7. The highest BCUT2D eigenvalue weighted by molar-refractivity contribution is 5.88. The van der Waals surface area contributed by atoms with Gasteiger partial charge >= 0.3 is 24.0 Å². The molecule has 1 atom stereocenters. The first-order valence-corrected chi connectivity index (χ1v) is 8.29. The molecule has 0 aliphatic carbocycles. The van der Waals surface area contributed by atoms with Crippen molar-refractivity contribution in [2.75, 3.05) is 13.1 Å². The van der Waals surface area contributed by atoms with Crippen molar-refractivity contribution in [3.8, 4) is 0 Å². The zero-order chi connectivity index (χ0) is 21.4. The molecule has 11 heteroatoms. The van der Waals surface area contributed by atoms with Gasteiger partial charge < -0.3 is 35.8 Å². The summed E-state index contributed by atoms with van der Waals surface area (Å²) < 4.78 is 5.26. The quantitative estimate of drug-likeness (QED) is 0.429. The number of aliphatic carboxylic acids is 3. The van der Waals surface area contributed by atoms with Gasteiger partial charge in [0.2, 0.25) is 0 Å². The Morgan fingerprint density at radius 3 is 1.89 bits per heavy atom. The molecule has 156 valence electrons. The molecule has 1 heterocycles. The molecule has 1 rings (SSSR count). The number of carboxylic acid groups (broad SMARTS) is 3. The summed E-state index contributed by atoms with van der Waals surface area (Å²) in [5.41, 5.74) is 2.62. The Morgan fingerprint density at radius 2 is 1.56 bits per heavy atom. The van der Waals surface area contributed by atoms with Crippen molar-refractivity contribution in [1.29, 1.82) is 0 Å². The second-order valence-corrected chi connectivity index (χ2v) is 7.31. The first-order chi connectivity index (χ1) is 12.2. The second kappa shape index (κ2) is 10.1. The number of carbonyl (C=O) groups excluding carboxylic acids is 1. The van der Waals surface area contributed by atoms with Crippen molar-refractivity contribution in [2.45, 2.75) is 63.7 Å². The van der Waals surface area contributed by atoms with E-state index in [1.165, 1.54) is 0 Å². The molecular weight excluding hydrogens is 364 g/mol. The lowest BCUT2D eigenvalue weighted by Crippen LogP contribution is -2.47. The van der Waals surface area contributed by atoms with E-state index < -0.39 is 42.0 Å². The third-order valence-corrected chi connectivity index (χ3v) is 3.39. The van der Waals surface area contributed by atoms with Crippen LogP contribution >= 0.6 is 0 Å². The minimum atomic E-state index is -2.74. The van der Waals surface area contributed by atoms with Crippen molar-refractivity contribution in [3.63, 3.8) is 0 Å². The van der Waals surface area contributed by atoms with Crippen LogP contribution in [0.1, 0.15) is 46.5 Å². The third kappa shape index (κ3) is 10.4. The van der Waals surface area contributed by atoms with Gasteiger partial charge in [-0.25, -0.2) is 9.59 Å². The van der Waals surface area contributed by atoms with Crippen LogP contribution < -0.4 is 5.73 Å². The minimum Gasteiger partial charge on any atom is -0.481 e. The van der Waals surface area contributed by atoms with Crippen molar-refractivity contribution in [1.82, 2.24) is 4.90 Å². The van der Waals surface area contributed by atoms with E-state index in [4.69, 9.17) is 30.9 Å². The number of aliphatic hydroxyl groups is 1. The summed E-state index contributed by atoms with van der Waals surface area (Å²) in [6, 6.07) is 0.108. The van der Waals surface area contributed by atoms with Crippen LogP contribution in [0.25, 0.3) is 0 Å². The number of likely N-dealkylation sites (tertiary alicyclic amines) is 1. The van der Waals surface area contributed by atoms with E-state index in [1.54, 1.807) is 4.90 Å². The van der Waals surface area contributed by atoms with E-state index in [9.17, 15) is 19.2 Å². The van der Waals surface area contributed by atoms with Gasteiger partial charge in [0, 0.05) is 19.1 Å². The van der Waals surface area contributed by atoms with Gasteiger partial charge in [-0.3, -0.25) is 9.59 Å². The Balaban J connectivity index is 0.000000503. The monoisotopic (exact) mass is 392 g/mol. The smallest absolute Gasteiger partial charge is 0.410 e. The molecule has 1 aliphatic heterocycles. The lowest BCUT2D eigenvalue weighted by molar-refractivity contribution is -0.170. The van der Waals surface area contributed by atoms with E-state index in [2.05, 4.69) is 0 Å². The number of amides is 1. The van der Waals surface area contributed by atoms with Crippen molar-refractivity contribution in [2.24, 2.45) is 5.73 Å². The number of piperidine rings is 1. The van der Waals surface area contributed by atoms with Gasteiger partial charge in [-0.15, -0.1) is 0 Å². The summed E-state index contributed by atoms with van der Waals surface area (Å²) in [5, 5.41) is 33.8. The lowest BCUT2D eigenvalue weighted by atomic mass is 9.96. The van der Waals surface area contributed by atoms with Gasteiger partial charge in [0.05, 0.1) is 12.8 Å². The maximum atomic E-state index is 11.6. The number of carboxylic acids is 3. The first-order valence-electron chi connectivity index (χ1n) is 8.29.